The Bertz CT molecular complexity index is 1320. The van der Waals surface area contributed by atoms with Crippen LogP contribution in [0.3, 0.4) is 0 Å². The number of amides is 1. The summed E-state index contributed by atoms with van der Waals surface area (Å²) in [6.45, 7) is 2.98. The number of benzene rings is 3. The third-order valence-electron chi connectivity index (χ3n) is 6.37. The molecule has 1 aliphatic rings. The standard InChI is InChI=1S/C30H32N2O5/c1-20-18-22(14-15-25(20)36-4)28(33)26-27(32(30(35)29(26)34)17-9-16-31(2)3)21-10-8-13-24(19-21)37-23-11-6-5-7-12-23/h5-8,10-15,18-19,27,33H,9,16-17H2,1-4H3/t27-/m0/s1. The molecule has 0 radical (unpaired) electrons. The van der Waals surface area contributed by atoms with E-state index in [1.54, 1.807) is 30.2 Å². The Morgan fingerprint density at radius 2 is 1.70 bits per heavy atom. The van der Waals surface area contributed by atoms with Crippen molar-refractivity contribution < 1.29 is 24.2 Å². The smallest absolute Gasteiger partial charge is 0.295 e. The van der Waals surface area contributed by atoms with Gasteiger partial charge < -0.3 is 24.4 Å². The number of aryl methyl sites for hydroxylation is 1. The van der Waals surface area contributed by atoms with Crippen LogP contribution >= 0.6 is 0 Å². The molecule has 4 rings (SSSR count). The molecule has 1 heterocycles. The molecule has 0 bridgehead atoms. The lowest BCUT2D eigenvalue weighted by Gasteiger charge is -2.26. The molecule has 1 amide bonds. The fourth-order valence-electron chi connectivity index (χ4n) is 4.57. The minimum absolute atomic E-state index is 0.0660. The number of hydrogen-bond donors (Lipinski definition) is 1. The molecule has 7 heteroatoms. The van der Waals surface area contributed by atoms with Gasteiger partial charge in [0.05, 0.1) is 18.7 Å². The number of carbonyl (C=O) groups excluding carboxylic acids is 2. The average Bonchev–Trinajstić information content (AvgIpc) is 3.14. The summed E-state index contributed by atoms with van der Waals surface area (Å²) in [5, 5.41) is 11.4. The fraction of sp³-hybridized carbons (Fsp3) is 0.267. The topological polar surface area (TPSA) is 79.3 Å². The quantitative estimate of drug-likeness (QED) is 0.248. The lowest BCUT2D eigenvalue weighted by atomic mass is 9.94. The van der Waals surface area contributed by atoms with Crippen molar-refractivity contribution in [2.75, 3.05) is 34.3 Å². The molecule has 0 spiro atoms. The van der Waals surface area contributed by atoms with E-state index in [0.717, 1.165) is 12.1 Å². The second kappa shape index (κ2) is 11.3. The highest BCUT2D eigenvalue weighted by atomic mass is 16.5. The number of ketones is 1. The van der Waals surface area contributed by atoms with Crippen molar-refractivity contribution >= 4 is 17.4 Å². The number of ether oxygens (including phenoxy) is 2. The van der Waals surface area contributed by atoms with Crippen molar-refractivity contribution in [1.82, 2.24) is 9.80 Å². The van der Waals surface area contributed by atoms with Crippen LogP contribution in [0.5, 0.6) is 17.2 Å². The highest BCUT2D eigenvalue weighted by Gasteiger charge is 2.46. The van der Waals surface area contributed by atoms with E-state index in [2.05, 4.69) is 0 Å². The van der Waals surface area contributed by atoms with Crippen LogP contribution in [0.1, 0.15) is 29.2 Å². The first-order valence-corrected chi connectivity index (χ1v) is 12.2. The van der Waals surface area contributed by atoms with Gasteiger partial charge in [0.2, 0.25) is 0 Å². The summed E-state index contributed by atoms with van der Waals surface area (Å²) in [5.41, 5.74) is 2.01. The number of Topliss-reactive ketones (excluding diaryl/α,β-unsaturated/α-hetero) is 1. The van der Waals surface area contributed by atoms with Crippen LogP contribution < -0.4 is 9.47 Å². The van der Waals surface area contributed by atoms with Crippen molar-refractivity contribution in [1.29, 1.82) is 0 Å². The third-order valence-corrected chi connectivity index (χ3v) is 6.37. The number of rotatable bonds is 9. The first-order valence-electron chi connectivity index (χ1n) is 12.2. The van der Waals surface area contributed by atoms with Gasteiger partial charge in [-0.05, 0) is 87.6 Å². The minimum Gasteiger partial charge on any atom is -0.507 e. The predicted molar refractivity (Wildman–Crippen MR) is 143 cm³/mol. The third kappa shape index (κ3) is 5.67. The maximum absolute atomic E-state index is 13.3. The lowest BCUT2D eigenvalue weighted by Crippen LogP contribution is -2.32. The summed E-state index contributed by atoms with van der Waals surface area (Å²) in [6, 6.07) is 21.1. The first-order chi connectivity index (χ1) is 17.8. The van der Waals surface area contributed by atoms with Gasteiger partial charge in [0.25, 0.3) is 11.7 Å². The van der Waals surface area contributed by atoms with Gasteiger partial charge in [0.1, 0.15) is 23.0 Å². The van der Waals surface area contributed by atoms with Gasteiger partial charge in [-0.2, -0.15) is 0 Å². The van der Waals surface area contributed by atoms with Crippen molar-refractivity contribution in [2.24, 2.45) is 0 Å². The molecule has 192 valence electrons. The molecular formula is C30H32N2O5. The van der Waals surface area contributed by atoms with Gasteiger partial charge in [0, 0.05) is 12.1 Å². The summed E-state index contributed by atoms with van der Waals surface area (Å²) in [4.78, 5) is 30.1. The Balaban J connectivity index is 1.79. The number of aliphatic hydroxyl groups is 1. The molecule has 0 saturated carbocycles. The first kappa shape index (κ1) is 26.0. The van der Waals surface area contributed by atoms with E-state index in [1.807, 2.05) is 80.5 Å². The Labute approximate surface area is 217 Å². The van der Waals surface area contributed by atoms with Crippen molar-refractivity contribution in [3.63, 3.8) is 0 Å². The number of para-hydroxylation sites is 1. The maximum atomic E-state index is 13.3. The Kier molecular flexibility index (Phi) is 7.94. The molecule has 0 aliphatic carbocycles. The molecule has 3 aromatic carbocycles. The number of likely N-dealkylation sites (tertiary alicyclic amines) is 1. The lowest BCUT2D eigenvalue weighted by molar-refractivity contribution is -0.139. The van der Waals surface area contributed by atoms with E-state index in [1.165, 1.54) is 0 Å². The number of nitrogens with zero attached hydrogens (tertiary/aromatic N) is 2. The minimum atomic E-state index is -0.746. The van der Waals surface area contributed by atoms with Gasteiger partial charge in [0.15, 0.2) is 0 Å². The zero-order chi connectivity index (χ0) is 26.5. The Morgan fingerprint density at radius 3 is 2.38 bits per heavy atom. The van der Waals surface area contributed by atoms with Gasteiger partial charge in [-0.3, -0.25) is 9.59 Å². The number of aliphatic hydroxyl groups excluding tert-OH is 1. The van der Waals surface area contributed by atoms with Crippen LogP contribution in [0.25, 0.3) is 5.76 Å². The van der Waals surface area contributed by atoms with Crippen LogP contribution in [0.2, 0.25) is 0 Å². The number of carbonyl (C=O) groups is 2. The number of methoxy groups -OCH3 is 1. The van der Waals surface area contributed by atoms with Gasteiger partial charge in [-0.25, -0.2) is 0 Å². The molecule has 3 aromatic rings. The zero-order valence-corrected chi connectivity index (χ0v) is 21.6. The average molecular weight is 501 g/mol. The Morgan fingerprint density at radius 1 is 0.973 bits per heavy atom. The summed E-state index contributed by atoms with van der Waals surface area (Å²) < 4.78 is 11.3. The van der Waals surface area contributed by atoms with Gasteiger partial charge in [-0.15, -0.1) is 0 Å². The molecule has 0 unspecified atom stereocenters. The highest BCUT2D eigenvalue weighted by molar-refractivity contribution is 6.46. The summed E-state index contributed by atoms with van der Waals surface area (Å²) in [7, 11) is 5.50. The molecule has 37 heavy (non-hydrogen) atoms. The molecule has 1 aliphatic heterocycles. The largest absolute Gasteiger partial charge is 0.507 e. The van der Waals surface area contributed by atoms with Crippen LogP contribution in [0.15, 0.2) is 78.4 Å². The van der Waals surface area contributed by atoms with E-state index in [-0.39, 0.29) is 11.3 Å². The monoisotopic (exact) mass is 500 g/mol. The molecule has 0 aromatic heterocycles. The predicted octanol–water partition coefficient (Wildman–Crippen LogP) is 5.17. The van der Waals surface area contributed by atoms with E-state index in [9.17, 15) is 14.7 Å². The maximum Gasteiger partial charge on any atom is 0.295 e. The van der Waals surface area contributed by atoms with Gasteiger partial charge >= 0.3 is 0 Å². The van der Waals surface area contributed by atoms with Crippen LogP contribution in [-0.2, 0) is 9.59 Å². The SMILES string of the molecule is COc1ccc(C(O)=C2C(=O)C(=O)N(CCCN(C)C)[C@H]2c2cccc(Oc3ccccc3)c2)cc1C. The van der Waals surface area contributed by atoms with Crippen LogP contribution in [-0.4, -0.2) is 60.9 Å². The second-order valence-corrected chi connectivity index (χ2v) is 9.32. The zero-order valence-electron chi connectivity index (χ0n) is 21.6. The van der Waals surface area contributed by atoms with Gasteiger partial charge in [-0.1, -0.05) is 30.3 Å². The summed E-state index contributed by atoms with van der Waals surface area (Å²) in [6.07, 6.45) is 0.679. The normalized spacial score (nSPS) is 16.9. The molecule has 7 nitrogen and oxygen atoms in total. The highest BCUT2D eigenvalue weighted by Crippen LogP contribution is 2.41. The van der Waals surface area contributed by atoms with E-state index >= 15 is 0 Å². The van der Waals surface area contributed by atoms with Crippen molar-refractivity contribution in [3.05, 3.63) is 95.1 Å². The summed E-state index contributed by atoms with van der Waals surface area (Å²) in [5.74, 6) is 0.387. The molecule has 1 N–H and O–H groups in total. The Hall–Kier alpha value is -4.10. The molecular weight excluding hydrogens is 468 g/mol. The van der Waals surface area contributed by atoms with E-state index in [4.69, 9.17) is 9.47 Å². The van der Waals surface area contributed by atoms with E-state index < -0.39 is 17.7 Å². The molecule has 1 fully saturated rings. The van der Waals surface area contributed by atoms with Crippen molar-refractivity contribution in [3.8, 4) is 17.2 Å². The molecule has 1 saturated heterocycles. The van der Waals surface area contributed by atoms with Crippen LogP contribution in [0.4, 0.5) is 0 Å². The number of hydrogen-bond acceptors (Lipinski definition) is 6. The van der Waals surface area contributed by atoms with E-state index in [0.29, 0.717) is 41.3 Å². The second-order valence-electron chi connectivity index (χ2n) is 9.32. The molecule has 1 atom stereocenters. The van der Waals surface area contributed by atoms with Crippen LogP contribution in [0, 0.1) is 6.92 Å². The fourth-order valence-corrected chi connectivity index (χ4v) is 4.57. The van der Waals surface area contributed by atoms with Crippen molar-refractivity contribution in [2.45, 2.75) is 19.4 Å². The summed E-state index contributed by atoms with van der Waals surface area (Å²) >= 11 is 0.